The van der Waals surface area contributed by atoms with Gasteiger partial charge in [0.25, 0.3) is 0 Å². The van der Waals surface area contributed by atoms with Crippen LogP contribution >= 0.6 is 0 Å². The Morgan fingerprint density at radius 3 is 2.27 bits per heavy atom. The highest BCUT2D eigenvalue weighted by Crippen LogP contribution is 2.22. The van der Waals surface area contributed by atoms with Gasteiger partial charge in [0, 0.05) is 13.1 Å². The summed E-state index contributed by atoms with van der Waals surface area (Å²) in [7, 11) is 0. The van der Waals surface area contributed by atoms with Crippen LogP contribution in [0, 0.1) is 6.92 Å². The number of hydrogen-bond donors (Lipinski definition) is 1. The largest absolute Gasteiger partial charge is 0.337 e. The van der Waals surface area contributed by atoms with E-state index in [1.165, 1.54) is 5.56 Å². The van der Waals surface area contributed by atoms with Crippen LogP contribution in [0.25, 0.3) is 0 Å². The van der Waals surface area contributed by atoms with Gasteiger partial charge in [0.2, 0.25) is 5.91 Å². The zero-order valence-electron chi connectivity index (χ0n) is 13.5. The zero-order chi connectivity index (χ0) is 16.2. The van der Waals surface area contributed by atoms with Crippen LogP contribution in [0.3, 0.4) is 0 Å². The number of aryl methyl sites for hydroxylation is 1. The maximum atomic E-state index is 12.9. The number of nitrogens with two attached hydrogens (primary N) is 1. The lowest BCUT2D eigenvalue weighted by molar-refractivity contribution is -0.137. The highest BCUT2D eigenvalue weighted by Gasteiger charge is 2.33. The van der Waals surface area contributed by atoms with E-state index in [1.54, 1.807) is 6.92 Å². The summed E-state index contributed by atoms with van der Waals surface area (Å²) in [5.41, 5.74) is 8.52. The number of rotatable bonds is 5. The summed E-state index contributed by atoms with van der Waals surface area (Å²) in [6, 6.07) is 17.7. The van der Waals surface area contributed by atoms with Crippen molar-refractivity contribution in [1.29, 1.82) is 0 Å². The van der Waals surface area contributed by atoms with E-state index < -0.39 is 5.54 Å². The normalized spacial score (nSPS) is 13.5. The first-order valence-corrected chi connectivity index (χ1v) is 7.65. The number of likely N-dealkylation sites (N-methyl/N-ethyl adjacent to an activating group) is 1. The van der Waals surface area contributed by atoms with Gasteiger partial charge in [0.15, 0.2) is 0 Å². The quantitative estimate of drug-likeness (QED) is 0.921. The number of benzene rings is 2. The molecule has 0 saturated carbocycles. The molecule has 22 heavy (non-hydrogen) atoms. The lowest BCUT2D eigenvalue weighted by atomic mass is 9.91. The fourth-order valence-electron chi connectivity index (χ4n) is 2.56. The minimum atomic E-state index is -1.01. The summed E-state index contributed by atoms with van der Waals surface area (Å²) in [4.78, 5) is 14.7. The van der Waals surface area contributed by atoms with Gasteiger partial charge in [-0.2, -0.15) is 0 Å². The first-order chi connectivity index (χ1) is 10.5. The second-order valence-corrected chi connectivity index (χ2v) is 5.81. The van der Waals surface area contributed by atoms with E-state index >= 15 is 0 Å². The summed E-state index contributed by atoms with van der Waals surface area (Å²) in [5, 5.41) is 0. The second kappa shape index (κ2) is 6.75. The van der Waals surface area contributed by atoms with Gasteiger partial charge in [-0.3, -0.25) is 4.79 Å². The molecule has 2 aromatic rings. The van der Waals surface area contributed by atoms with E-state index in [0.717, 1.165) is 11.1 Å². The zero-order valence-corrected chi connectivity index (χ0v) is 13.5. The Balaban J connectivity index is 2.24. The summed E-state index contributed by atoms with van der Waals surface area (Å²) < 4.78 is 0. The monoisotopic (exact) mass is 296 g/mol. The van der Waals surface area contributed by atoms with Crippen molar-refractivity contribution in [2.24, 2.45) is 5.73 Å². The van der Waals surface area contributed by atoms with Crippen molar-refractivity contribution in [3.8, 4) is 0 Å². The van der Waals surface area contributed by atoms with Crippen molar-refractivity contribution in [1.82, 2.24) is 4.90 Å². The van der Waals surface area contributed by atoms with Crippen molar-refractivity contribution in [2.75, 3.05) is 6.54 Å². The third-order valence-electron chi connectivity index (χ3n) is 4.11. The summed E-state index contributed by atoms with van der Waals surface area (Å²) >= 11 is 0. The average Bonchev–Trinajstić information content (AvgIpc) is 2.54. The molecule has 3 nitrogen and oxygen atoms in total. The maximum absolute atomic E-state index is 12.9. The van der Waals surface area contributed by atoms with Crippen LogP contribution in [-0.4, -0.2) is 17.4 Å². The molecule has 0 heterocycles. The van der Waals surface area contributed by atoms with Gasteiger partial charge in [0.1, 0.15) is 5.54 Å². The van der Waals surface area contributed by atoms with Gasteiger partial charge >= 0.3 is 0 Å². The lowest BCUT2D eigenvalue weighted by Crippen LogP contribution is -2.50. The van der Waals surface area contributed by atoms with Crippen molar-refractivity contribution in [3.05, 3.63) is 71.3 Å². The molecule has 0 aromatic heterocycles. The molecule has 2 N–H and O–H groups in total. The molecule has 3 heteroatoms. The first kappa shape index (κ1) is 16.2. The van der Waals surface area contributed by atoms with Gasteiger partial charge in [-0.15, -0.1) is 0 Å². The van der Waals surface area contributed by atoms with Crippen LogP contribution in [0.2, 0.25) is 0 Å². The highest BCUT2D eigenvalue weighted by atomic mass is 16.2. The van der Waals surface area contributed by atoms with Crippen molar-refractivity contribution >= 4 is 5.91 Å². The van der Waals surface area contributed by atoms with E-state index in [-0.39, 0.29) is 5.91 Å². The molecule has 0 saturated heterocycles. The Morgan fingerprint density at radius 1 is 1.09 bits per heavy atom. The molecule has 1 atom stereocenters. The van der Waals surface area contributed by atoms with Crippen LogP contribution in [0.5, 0.6) is 0 Å². The minimum absolute atomic E-state index is 0.0514. The highest BCUT2D eigenvalue weighted by molar-refractivity contribution is 5.87. The van der Waals surface area contributed by atoms with Crippen LogP contribution in [-0.2, 0) is 16.9 Å². The molecule has 0 fully saturated rings. The van der Waals surface area contributed by atoms with E-state index in [1.807, 2.05) is 54.3 Å². The third-order valence-corrected chi connectivity index (χ3v) is 4.11. The van der Waals surface area contributed by atoms with E-state index in [2.05, 4.69) is 19.1 Å². The molecule has 2 rings (SSSR count). The molecular weight excluding hydrogens is 272 g/mol. The fourth-order valence-corrected chi connectivity index (χ4v) is 2.56. The topological polar surface area (TPSA) is 46.3 Å². The molecule has 0 aliphatic heterocycles. The van der Waals surface area contributed by atoms with E-state index in [9.17, 15) is 4.79 Å². The summed E-state index contributed by atoms with van der Waals surface area (Å²) in [6.45, 7) is 7.04. The molecule has 1 amide bonds. The van der Waals surface area contributed by atoms with Gasteiger partial charge in [0.05, 0.1) is 0 Å². The molecule has 2 aromatic carbocycles. The smallest absolute Gasteiger partial charge is 0.247 e. The molecule has 0 bridgehead atoms. The van der Waals surface area contributed by atoms with Crippen molar-refractivity contribution in [3.63, 3.8) is 0 Å². The number of amides is 1. The molecule has 0 spiro atoms. The minimum Gasteiger partial charge on any atom is -0.337 e. The fraction of sp³-hybridized carbons (Fsp3) is 0.316. The second-order valence-electron chi connectivity index (χ2n) is 5.81. The molecule has 116 valence electrons. The Hall–Kier alpha value is -2.13. The molecule has 0 aliphatic carbocycles. The van der Waals surface area contributed by atoms with Gasteiger partial charge < -0.3 is 10.6 Å². The average molecular weight is 296 g/mol. The Morgan fingerprint density at radius 2 is 1.68 bits per heavy atom. The van der Waals surface area contributed by atoms with Gasteiger partial charge in [-0.25, -0.2) is 0 Å². The number of carbonyl (C=O) groups is 1. The number of carbonyl (C=O) groups excluding carboxylic acids is 1. The Kier molecular flexibility index (Phi) is 4.99. The summed E-state index contributed by atoms with van der Waals surface area (Å²) in [6.07, 6.45) is 0. The van der Waals surface area contributed by atoms with E-state index in [4.69, 9.17) is 5.73 Å². The summed E-state index contributed by atoms with van der Waals surface area (Å²) in [5.74, 6) is -0.0514. The van der Waals surface area contributed by atoms with Crippen LogP contribution in [0.1, 0.15) is 30.5 Å². The molecule has 0 aliphatic rings. The predicted octanol–water partition coefficient (Wildman–Crippen LogP) is 3.22. The van der Waals surface area contributed by atoms with Crippen molar-refractivity contribution in [2.45, 2.75) is 32.9 Å². The van der Waals surface area contributed by atoms with Gasteiger partial charge in [-0.05, 0) is 37.5 Å². The molecular formula is C19H24N2O. The Labute approximate surface area is 132 Å². The standard InChI is InChI=1S/C19H24N2O/c1-4-21(14-16-11-9-8-10-15(16)2)18(22)19(3,20)17-12-6-5-7-13-17/h5-13H,4,14,20H2,1-3H3. The first-order valence-electron chi connectivity index (χ1n) is 7.65. The van der Waals surface area contributed by atoms with Crippen molar-refractivity contribution < 1.29 is 4.79 Å². The third kappa shape index (κ3) is 3.37. The number of nitrogens with zero attached hydrogens (tertiary/aromatic N) is 1. The van der Waals surface area contributed by atoms with Gasteiger partial charge in [-0.1, -0.05) is 54.6 Å². The Bertz CT molecular complexity index is 635. The SMILES string of the molecule is CCN(Cc1ccccc1C)C(=O)C(C)(N)c1ccccc1. The number of hydrogen-bond acceptors (Lipinski definition) is 2. The van der Waals surface area contributed by atoms with Crippen LogP contribution in [0.15, 0.2) is 54.6 Å². The predicted molar refractivity (Wildman–Crippen MR) is 90.3 cm³/mol. The molecule has 1 unspecified atom stereocenters. The lowest BCUT2D eigenvalue weighted by Gasteiger charge is -2.32. The van der Waals surface area contributed by atoms with Crippen LogP contribution in [0.4, 0.5) is 0 Å². The van der Waals surface area contributed by atoms with Crippen LogP contribution < -0.4 is 5.73 Å². The maximum Gasteiger partial charge on any atom is 0.247 e. The molecule has 0 radical (unpaired) electrons. The van der Waals surface area contributed by atoms with E-state index in [0.29, 0.717) is 13.1 Å².